The van der Waals surface area contributed by atoms with E-state index in [1.807, 2.05) is 25.8 Å². The van der Waals surface area contributed by atoms with Crippen LogP contribution in [-0.4, -0.2) is 31.9 Å². The minimum Gasteiger partial charge on any atom is -0.351 e. The molecule has 0 aromatic carbocycles. The Morgan fingerprint density at radius 2 is 2.35 bits per heavy atom. The van der Waals surface area contributed by atoms with Crippen molar-refractivity contribution in [3.05, 3.63) is 47.8 Å². The summed E-state index contributed by atoms with van der Waals surface area (Å²) >= 11 is 0. The maximum absolute atomic E-state index is 11.1. The molecule has 1 aliphatic rings. The number of nitrogens with one attached hydrogen (secondary N) is 1. The Kier molecular flexibility index (Phi) is 4.71. The zero-order valence-electron chi connectivity index (χ0n) is 13.7. The van der Waals surface area contributed by atoms with Gasteiger partial charge in [0, 0.05) is 39.0 Å². The first-order valence-corrected chi connectivity index (χ1v) is 8.02. The second-order valence-electron chi connectivity index (χ2n) is 6.11. The molecule has 0 spiro atoms. The number of amides is 1. The van der Waals surface area contributed by atoms with Crippen LogP contribution < -0.4 is 5.32 Å². The molecule has 0 unspecified atom stereocenters. The first-order valence-electron chi connectivity index (χ1n) is 8.02. The van der Waals surface area contributed by atoms with E-state index in [1.54, 1.807) is 0 Å². The number of carbonyl (C=O) groups excluding carboxylic acids is 1. The molecule has 0 radical (unpaired) electrons. The molecule has 3 rings (SSSR count). The lowest BCUT2D eigenvalue weighted by Crippen LogP contribution is -2.24. The van der Waals surface area contributed by atoms with Crippen LogP contribution in [0.15, 0.2) is 30.9 Å². The number of hydrogen-bond acceptors (Lipinski definition) is 4. The van der Waals surface area contributed by atoms with Gasteiger partial charge in [0.25, 0.3) is 0 Å². The van der Waals surface area contributed by atoms with Crippen molar-refractivity contribution in [3.63, 3.8) is 0 Å². The Hall–Kier alpha value is -2.21. The Morgan fingerprint density at radius 1 is 1.48 bits per heavy atom. The second-order valence-corrected chi connectivity index (χ2v) is 6.11. The van der Waals surface area contributed by atoms with E-state index in [0.29, 0.717) is 12.6 Å². The van der Waals surface area contributed by atoms with Crippen LogP contribution in [0.25, 0.3) is 0 Å². The van der Waals surface area contributed by atoms with Crippen molar-refractivity contribution >= 4 is 5.91 Å². The van der Waals surface area contributed by atoms with E-state index in [0.717, 1.165) is 25.2 Å². The van der Waals surface area contributed by atoms with Gasteiger partial charge in [-0.2, -0.15) is 0 Å². The Balaban J connectivity index is 1.73. The molecule has 23 heavy (non-hydrogen) atoms. The molecule has 122 valence electrons. The van der Waals surface area contributed by atoms with Crippen LogP contribution >= 0.6 is 0 Å². The van der Waals surface area contributed by atoms with Crippen molar-refractivity contribution in [2.24, 2.45) is 7.05 Å². The lowest BCUT2D eigenvalue weighted by atomic mass is 10.0. The van der Waals surface area contributed by atoms with Gasteiger partial charge in [-0.15, -0.1) is 0 Å². The lowest BCUT2D eigenvalue weighted by Gasteiger charge is -2.25. The van der Waals surface area contributed by atoms with Crippen LogP contribution in [0.5, 0.6) is 0 Å². The molecule has 6 heteroatoms. The highest BCUT2D eigenvalue weighted by Gasteiger charge is 2.26. The fourth-order valence-corrected chi connectivity index (χ4v) is 3.15. The van der Waals surface area contributed by atoms with E-state index in [4.69, 9.17) is 0 Å². The average molecular weight is 313 g/mol. The molecule has 1 fully saturated rings. The summed E-state index contributed by atoms with van der Waals surface area (Å²) in [7, 11) is 2.03. The molecule has 2 aromatic heterocycles. The zero-order chi connectivity index (χ0) is 16.2. The molecular formula is C17H23N5O. The second kappa shape index (κ2) is 6.91. The highest BCUT2D eigenvalue weighted by Crippen LogP contribution is 2.33. The number of aryl methyl sites for hydroxylation is 1. The molecule has 1 amide bonds. The van der Waals surface area contributed by atoms with Crippen molar-refractivity contribution in [1.82, 2.24) is 24.8 Å². The molecule has 2 aromatic rings. The van der Waals surface area contributed by atoms with Gasteiger partial charge in [-0.1, -0.05) is 0 Å². The Labute approximate surface area is 136 Å². The average Bonchev–Trinajstić information content (AvgIpc) is 3.16. The Bertz CT molecular complexity index is 681. The van der Waals surface area contributed by atoms with Gasteiger partial charge >= 0.3 is 0 Å². The highest BCUT2D eigenvalue weighted by molar-refractivity contribution is 5.72. The molecule has 0 saturated carbocycles. The van der Waals surface area contributed by atoms with Crippen LogP contribution in [0.1, 0.15) is 42.8 Å². The van der Waals surface area contributed by atoms with E-state index in [1.165, 1.54) is 24.6 Å². The SMILES string of the molecule is CC(=O)NCc1cc([C@@H]2CCCN2Cc2cncn2C)ccn1. The van der Waals surface area contributed by atoms with Crippen LogP contribution in [-0.2, 0) is 24.9 Å². The summed E-state index contributed by atoms with van der Waals surface area (Å²) in [5, 5.41) is 2.81. The summed E-state index contributed by atoms with van der Waals surface area (Å²) in [6.45, 7) is 4.01. The number of likely N-dealkylation sites (tertiary alicyclic amines) is 1. The van der Waals surface area contributed by atoms with Gasteiger partial charge in [0.15, 0.2) is 0 Å². The number of imidazole rings is 1. The van der Waals surface area contributed by atoms with E-state index in [2.05, 4.69) is 36.9 Å². The molecule has 1 N–H and O–H groups in total. The Morgan fingerprint density at radius 3 is 3.09 bits per heavy atom. The van der Waals surface area contributed by atoms with Crippen molar-refractivity contribution in [2.75, 3.05) is 6.54 Å². The zero-order valence-corrected chi connectivity index (χ0v) is 13.7. The number of aromatic nitrogens is 3. The van der Waals surface area contributed by atoms with Crippen LogP contribution in [0.2, 0.25) is 0 Å². The third-order valence-electron chi connectivity index (χ3n) is 4.39. The van der Waals surface area contributed by atoms with Crippen molar-refractivity contribution in [1.29, 1.82) is 0 Å². The summed E-state index contributed by atoms with van der Waals surface area (Å²) < 4.78 is 2.07. The van der Waals surface area contributed by atoms with Gasteiger partial charge in [-0.3, -0.25) is 14.7 Å². The molecular weight excluding hydrogens is 290 g/mol. The van der Waals surface area contributed by atoms with Gasteiger partial charge in [0.1, 0.15) is 0 Å². The van der Waals surface area contributed by atoms with E-state index in [9.17, 15) is 4.79 Å². The molecule has 3 heterocycles. The maximum atomic E-state index is 11.1. The number of pyridine rings is 1. The van der Waals surface area contributed by atoms with E-state index in [-0.39, 0.29) is 5.91 Å². The largest absolute Gasteiger partial charge is 0.351 e. The molecule has 1 aliphatic heterocycles. The minimum atomic E-state index is -0.0316. The maximum Gasteiger partial charge on any atom is 0.217 e. The van der Waals surface area contributed by atoms with Crippen molar-refractivity contribution < 1.29 is 4.79 Å². The van der Waals surface area contributed by atoms with Crippen molar-refractivity contribution in [2.45, 2.75) is 38.9 Å². The smallest absolute Gasteiger partial charge is 0.217 e. The summed E-state index contributed by atoms with van der Waals surface area (Å²) in [5.41, 5.74) is 3.41. The fourth-order valence-electron chi connectivity index (χ4n) is 3.15. The summed E-state index contributed by atoms with van der Waals surface area (Å²) in [6, 6.07) is 4.61. The lowest BCUT2D eigenvalue weighted by molar-refractivity contribution is -0.119. The first kappa shape index (κ1) is 15.7. The van der Waals surface area contributed by atoms with Crippen LogP contribution in [0.3, 0.4) is 0 Å². The molecule has 1 atom stereocenters. The predicted molar refractivity (Wildman–Crippen MR) is 87.4 cm³/mol. The third-order valence-corrected chi connectivity index (χ3v) is 4.39. The standard InChI is InChI=1S/C17H23N5O/c1-13(23)20-9-15-8-14(5-6-19-15)17-4-3-7-22(17)11-16-10-18-12-21(16)2/h5-6,8,10,12,17H,3-4,7,9,11H2,1-2H3,(H,20,23)/t17-/m0/s1. The van der Waals surface area contributed by atoms with E-state index >= 15 is 0 Å². The van der Waals surface area contributed by atoms with Gasteiger partial charge in [-0.05, 0) is 37.1 Å². The molecule has 1 saturated heterocycles. The fraction of sp³-hybridized carbons (Fsp3) is 0.471. The van der Waals surface area contributed by atoms with Crippen LogP contribution in [0, 0.1) is 0 Å². The highest BCUT2D eigenvalue weighted by atomic mass is 16.1. The van der Waals surface area contributed by atoms with Gasteiger partial charge in [0.2, 0.25) is 5.91 Å². The predicted octanol–water partition coefficient (Wildman–Crippen LogP) is 1.79. The number of nitrogens with zero attached hydrogens (tertiary/aromatic N) is 4. The molecule has 0 aliphatic carbocycles. The van der Waals surface area contributed by atoms with Gasteiger partial charge in [-0.25, -0.2) is 4.98 Å². The normalized spacial score (nSPS) is 18.3. The topological polar surface area (TPSA) is 63.1 Å². The number of rotatable bonds is 5. The summed E-state index contributed by atoms with van der Waals surface area (Å²) in [6.07, 6.45) is 7.98. The summed E-state index contributed by atoms with van der Waals surface area (Å²) in [4.78, 5) is 22.1. The monoisotopic (exact) mass is 313 g/mol. The van der Waals surface area contributed by atoms with Gasteiger partial charge < -0.3 is 9.88 Å². The molecule has 0 bridgehead atoms. The third kappa shape index (κ3) is 3.76. The number of carbonyl (C=O) groups is 1. The van der Waals surface area contributed by atoms with E-state index < -0.39 is 0 Å². The minimum absolute atomic E-state index is 0.0316. The molecule has 6 nitrogen and oxygen atoms in total. The van der Waals surface area contributed by atoms with Crippen LogP contribution in [0.4, 0.5) is 0 Å². The summed E-state index contributed by atoms with van der Waals surface area (Å²) in [5.74, 6) is -0.0316. The van der Waals surface area contributed by atoms with Gasteiger partial charge in [0.05, 0.1) is 24.3 Å². The van der Waals surface area contributed by atoms with Crippen molar-refractivity contribution in [3.8, 4) is 0 Å². The first-order chi connectivity index (χ1) is 11.1. The quantitative estimate of drug-likeness (QED) is 0.914. The number of hydrogen-bond donors (Lipinski definition) is 1.